The molecule has 7 atom stereocenters. The molecular weight excluding hydrogens is 384 g/mol. The van der Waals surface area contributed by atoms with Gasteiger partial charge in [-0.3, -0.25) is 0 Å². The predicted octanol–water partition coefficient (Wildman–Crippen LogP) is 5.73. The van der Waals surface area contributed by atoms with Crippen LogP contribution >= 0.6 is 0 Å². The van der Waals surface area contributed by atoms with Crippen molar-refractivity contribution in [2.24, 2.45) is 29.1 Å². The first-order valence-electron chi connectivity index (χ1n) is 12.3. The van der Waals surface area contributed by atoms with E-state index in [1.807, 2.05) is 13.0 Å². The molecule has 0 bridgehead atoms. The van der Waals surface area contributed by atoms with E-state index in [2.05, 4.69) is 52.5 Å². The summed E-state index contributed by atoms with van der Waals surface area (Å²) in [5, 5.41) is 30.8. The molecule has 3 heteroatoms. The van der Waals surface area contributed by atoms with Crippen molar-refractivity contribution in [2.45, 2.75) is 97.4 Å². The molecule has 4 unspecified atom stereocenters. The van der Waals surface area contributed by atoms with Gasteiger partial charge in [0.05, 0.1) is 17.8 Å². The fourth-order valence-corrected chi connectivity index (χ4v) is 6.28. The van der Waals surface area contributed by atoms with Gasteiger partial charge in [-0.05, 0) is 85.7 Å². The Balaban J connectivity index is 1.78. The second kappa shape index (κ2) is 9.37. The largest absolute Gasteiger partial charge is 0.393 e. The van der Waals surface area contributed by atoms with Crippen molar-refractivity contribution >= 4 is 0 Å². The summed E-state index contributed by atoms with van der Waals surface area (Å²) < 4.78 is 0. The minimum absolute atomic E-state index is 0.201. The average Bonchev–Trinajstić information content (AvgIpc) is 3.05. The molecule has 3 N–H and O–H groups in total. The van der Waals surface area contributed by atoms with E-state index < -0.39 is 17.8 Å². The van der Waals surface area contributed by atoms with Crippen molar-refractivity contribution in [1.82, 2.24) is 0 Å². The summed E-state index contributed by atoms with van der Waals surface area (Å²) in [7, 11) is 0. The Morgan fingerprint density at radius 2 is 1.87 bits per heavy atom. The number of aliphatic hydroxyl groups excluding tert-OH is 2. The van der Waals surface area contributed by atoms with Gasteiger partial charge in [-0.2, -0.15) is 0 Å². The molecular formula is C28H44O3. The molecule has 0 aromatic carbocycles. The van der Waals surface area contributed by atoms with Gasteiger partial charge < -0.3 is 15.3 Å². The molecule has 3 saturated carbocycles. The van der Waals surface area contributed by atoms with Gasteiger partial charge >= 0.3 is 0 Å². The van der Waals surface area contributed by atoms with Gasteiger partial charge in [0.1, 0.15) is 0 Å². The normalized spacial score (nSPS) is 40.0. The van der Waals surface area contributed by atoms with Crippen LogP contribution in [0.25, 0.3) is 0 Å². The van der Waals surface area contributed by atoms with Gasteiger partial charge in [0, 0.05) is 6.42 Å². The highest BCUT2D eigenvalue weighted by Crippen LogP contribution is 2.59. The van der Waals surface area contributed by atoms with E-state index >= 15 is 0 Å². The van der Waals surface area contributed by atoms with E-state index in [0.29, 0.717) is 36.0 Å². The number of rotatable bonds is 5. The lowest BCUT2D eigenvalue weighted by molar-refractivity contribution is 0.0607. The summed E-state index contributed by atoms with van der Waals surface area (Å²) in [6.07, 6.45) is 14.6. The van der Waals surface area contributed by atoms with Gasteiger partial charge in [0.25, 0.3) is 0 Å². The summed E-state index contributed by atoms with van der Waals surface area (Å²) in [6.45, 7) is 14.9. The molecule has 3 aliphatic carbocycles. The minimum atomic E-state index is -0.755. The molecule has 0 saturated heterocycles. The zero-order valence-corrected chi connectivity index (χ0v) is 20.3. The minimum Gasteiger partial charge on any atom is -0.393 e. The van der Waals surface area contributed by atoms with Crippen molar-refractivity contribution in [3.8, 4) is 0 Å². The molecule has 3 fully saturated rings. The van der Waals surface area contributed by atoms with Crippen molar-refractivity contribution in [1.29, 1.82) is 0 Å². The molecule has 0 aromatic heterocycles. The summed E-state index contributed by atoms with van der Waals surface area (Å²) in [4.78, 5) is 0. The third kappa shape index (κ3) is 5.10. The number of allylic oxidation sites excluding steroid dienone is 4. The first-order valence-corrected chi connectivity index (χ1v) is 12.3. The van der Waals surface area contributed by atoms with Gasteiger partial charge in [0.2, 0.25) is 0 Å². The van der Waals surface area contributed by atoms with Gasteiger partial charge in [0.15, 0.2) is 0 Å². The van der Waals surface area contributed by atoms with Crippen LogP contribution in [0.4, 0.5) is 0 Å². The van der Waals surface area contributed by atoms with Crippen molar-refractivity contribution in [3.05, 3.63) is 47.6 Å². The molecule has 3 rings (SSSR count). The Morgan fingerprint density at radius 3 is 2.55 bits per heavy atom. The standard InChI is InChI=1S/C28H44O3/c1-18(2)28(6,31)15-13-19(3)24-11-12-25-21(8-7-14-27(24,25)5)9-10-22-16-23(29)17-26(30)20(22)4/h9-10,13,15,18-19,23-26,29-31H,4,7-8,11-12,14,16-17H2,1-3,5-6H3/b15-13+,21-9+,22-10-/t19?,23-,24?,25?,26+,27?,28-/m1/s1. The Bertz CT molecular complexity index is 756. The first kappa shape index (κ1) is 24.5. The van der Waals surface area contributed by atoms with Gasteiger partial charge in [-0.15, -0.1) is 0 Å². The Labute approximate surface area is 189 Å². The van der Waals surface area contributed by atoms with Crippen LogP contribution < -0.4 is 0 Å². The van der Waals surface area contributed by atoms with Crippen LogP contribution in [-0.2, 0) is 0 Å². The molecule has 0 radical (unpaired) electrons. The van der Waals surface area contributed by atoms with E-state index in [1.54, 1.807) is 0 Å². The van der Waals surface area contributed by atoms with Crippen molar-refractivity contribution in [3.63, 3.8) is 0 Å². The maximum atomic E-state index is 10.6. The number of hydrogen-bond acceptors (Lipinski definition) is 3. The molecule has 0 aromatic rings. The first-order chi connectivity index (χ1) is 14.5. The maximum Gasteiger partial charge on any atom is 0.0822 e. The number of fused-ring (bicyclic) bond motifs is 1. The summed E-state index contributed by atoms with van der Waals surface area (Å²) in [6, 6.07) is 0. The molecule has 0 aliphatic heterocycles. The second-order valence-corrected chi connectivity index (χ2v) is 11.3. The number of hydrogen-bond donors (Lipinski definition) is 3. The molecule has 174 valence electrons. The van der Waals surface area contributed by atoms with Gasteiger partial charge in [-0.25, -0.2) is 0 Å². The van der Waals surface area contributed by atoms with Crippen LogP contribution in [0.5, 0.6) is 0 Å². The fraction of sp³-hybridized carbons (Fsp3) is 0.714. The van der Waals surface area contributed by atoms with Crippen molar-refractivity contribution < 1.29 is 15.3 Å². The van der Waals surface area contributed by atoms with Crippen LogP contribution in [0.2, 0.25) is 0 Å². The summed E-state index contributed by atoms with van der Waals surface area (Å²) in [5.74, 6) is 1.87. The smallest absolute Gasteiger partial charge is 0.0822 e. The molecule has 0 heterocycles. The highest BCUT2D eigenvalue weighted by atomic mass is 16.3. The third-order valence-corrected chi connectivity index (χ3v) is 8.84. The summed E-state index contributed by atoms with van der Waals surface area (Å²) >= 11 is 0. The Morgan fingerprint density at radius 1 is 1.16 bits per heavy atom. The highest BCUT2D eigenvalue weighted by Gasteiger charge is 2.50. The lowest BCUT2D eigenvalue weighted by Crippen LogP contribution is -2.36. The second-order valence-electron chi connectivity index (χ2n) is 11.3. The van der Waals surface area contributed by atoms with Crippen LogP contribution in [0, 0.1) is 29.1 Å². The molecule has 3 aliphatic rings. The average molecular weight is 429 g/mol. The lowest BCUT2D eigenvalue weighted by Gasteiger charge is -2.44. The fourth-order valence-electron chi connectivity index (χ4n) is 6.28. The van der Waals surface area contributed by atoms with E-state index in [1.165, 1.54) is 31.3 Å². The predicted molar refractivity (Wildman–Crippen MR) is 128 cm³/mol. The van der Waals surface area contributed by atoms with Gasteiger partial charge in [-0.1, -0.05) is 64.2 Å². The van der Waals surface area contributed by atoms with Crippen LogP contribution in [0.15, 0.2) is 47.6 Å². The maximum absolute atomic E-state index is 10.6. The molecule has 31 heavy (non-hydrogen) atoms. The third-order valence-electron chi connectivity index (χ3n) is 8.84. The molecule has 3 nitrogen and oxygen atoms in total. The van der Waals surface area contributed by atoms with Crippen LogP contribution in [0.3, 0.4) is 0 Å². The Hall–Kier alpha value is -1.16. The zero-order valence-electron chi connectivity index (χ0n) is 20.3. The topological polar surface area (TPSA) is 60.7 Å². The van der Waals surface area contributed by atoms with E-state index in [9.17, 15) is 15.3 Å². The summed E-state index contributed by atoms with van der Waals surface area (Å²) in [5.41, 5.74) is 2.82. The molecule has 0 spiro atoms. The van der Waals surface area contributed by atoms with E-state index in [0.717, 1.165) is 17.6 Å². The van der Waals surface area contributed by atoms with E-state index in [-0.39, 0.29) is 5.92 Å². The zero-order chi connectivity index (χ0) is 23.0. The SMILES string of the molecule is C=C1/C(=C\C=C2/CCCC3(C)C2CCC3C(C)/C=C/[C@@](C)(O)C(C)C)C[C@@H](O)C[C@@H]1O. The quantitative estimate of drug-likeness (QED) is 0.490. The lowest BCUT2D eigenvalue weighted by atomic mass is 9.61. The van der Waals surface area contributed by atoms with Crippen LogP contribution in [0.1, 0.15) is 79.6 Å². The Kier molecular flexibility index (Phi) is 7.40. The number of aliphatic hydroxyl groups is 3. The van der Waals surface area contributed by atoms with E-state index in [4.69, 9.17) is 0 Å². The highest BCUT2D eigenvalue weighted by molar-refractivity contribution is 5.38. The molecule has 0 amide bonds. The van der Waals surface area contributed by atoms with Crippen LogP contribution in [-0.4, -0.2) is 33.1 Å². The monoisotopic (exact) mass is 428 g/mol. The van der Waals surface area contributed by atoms with Crippen molar-refractivity contribution in [2.75, 3.05) is 0 Å².